The molecule has 0 saturated carbocycles. The maximum atomic E-state index is 11.6. The average molecular weight is 442 g/mol. The van der Waals surface area contributed by atoms with E-state index in [2.05, 4.69) is 45.3 Å². The molecule has 5 heteroatoms. The van der Waals surface area contributed by atoms with E-state index in [0.29, 0.717) is 18.6 Å². The number of rotatable bonds is 12. The largest absolute Gasteiger partial charge is 0.483 e. The molecule has 1 unspecified atom stereocenters. The van der Waals surface area contributed by atoms with Gasteiger partial charge in [-0.05, 0) is 53.8 Å². The number of fused-ring (bicyclic) bond motifs is 1. The minimum atomic E-state index is -0.171. The summed E-state index contributed by atoms with van der Waals surface area (Å²) in [6, 6.07) is 18.5. The SMILES string of the molecule is CCC(=O)CCCCCC(Oc1ccc2ccccc2c1)c1ncc(Cc2cccnc2)[nH]1. The Kier molecular flexibility index (Phi) is 7.85. The number of carbonyl (C=O) groups excluding carboxylic acids is 1. The third-order valence-corrected chi connectivity index (χ3v) is 5.89. The number of pyridine rings is 1. The number of Topliss-reactive ketones (excluding diaryl/α,β-unsaturated/α-hetero) is 1. The van der Waals surface area contributed by atoms with Crippen molar-refractivity contribution >= 4 is 16.6 Å². The summed E-state index contributed by atoms with van der Waals surface area (Å²) in [5.74, 6) is 2.02. The summed E-state index contributed by atoms with van der Waals surface area (Å²) >= 11 is 0. The molecule has 2 aromatic carbocycles. The summed E-state index contributed by atoms with van der Waals surface area (Å²) in [6.45, 7) is 1.93. The number of aromatic nitrogens is 3. The molecule has 0 aliphatic rings. The molecule has 0 aliphatic carbocycles. The first-order chi connectivity index (χ1) is 16.2. The van der Waals surface area contributed by atoms with E-state index in [-0.39, 0.29) is 6.10 Å². The Hall–Kier alpha value is -3.47. The van der Waals surface area contributed by atoms with Crippen LogP contribution in [0.5, 0.6) is 5.75 Å². The van der Waals surface area contributed by atoms with Crippen LogP contribution in [0, 0.1) is 0 Å². The van der Waals surface area contributed by atoms with Gasteiger partial charge in [0.1, 0.15) is 17.4 Å². The van der Waals surface area contributed by atoms with E-state index < -0.39 is 0 Å². The number of hydrogen-bond acceptors (Lipinski definition) is 4. The average Bonchev–Trinajstić information content (AvgIpc) is 3.31. The molecular formula is C28H31N3O2. The highest BCUT2D eigenvalue weighted by molar-refractivity contribution is 5.83. The predicted octanol–water partition coefficient (Wildman–Crippen LogP) is 6.60. The van der Waals surface area contributed by atoms with Crippen molar-refractivity contribution in [1.29, 1.82) is 0 Å². The van der Waals surface area contributed by atoms with Crippen molar-refractivity contribution in [3.8, 4) is 5.75 Å². The first kappa shape index (κ1) is 22.7. The van der Waals surface area contributed by atoms with Crippen LogP contribution in [0.25, 0.3) is 10.8 Å². The molecule has 0 spiro atoms. The third kappa shape index (κ3) is 6.51. The van der Waals surface area contributed by atoms with E-state index in [9.17, 15) is 4.79 Å². The quantitative estimate of drug-likeness (QED) is 0.252. The maximum Gasteiger partial charge on any atom is 0.156 e. The summed E-state index contributed by atoms with van der Waals surface area (Å²) < 4.78 is 6.45. The maximum absolute atomic E-state index is 11.6. The summed E-state index contributed by atoms with van der Waals surface area (Å²) in [5, 5.41) is 2.35. The lowest BCUT2D eigenvalue weighted by Gasteiger charge is -2.18. The molecule has 4 aromatic rings. The van der Waals surface area contributed by atoms with E-state index in [1.807, 2.05) is 43.6 Å². The highest BCUT2D eigenvalue weighted by Gasteiger charge is 2.18. The van der Waals surface area contributed by atoms with Crippen LogP contribution in [0.2, 0.25) is 0 Å². The number of nitrogens with one attached hydrogen (secondary N) is 1. The van der Waals surface area contributed by atoms with Gasteiger partial charge >= 0.3 is 0 Å². The van der Waals surface area contributed by atoms with Gasteiger partial charge in [0.2, 0.25) is 0 Å². The first-order valence-corrected chi connectivity index (χ1v) is 11.8. The number of benzene rings is 2. The zero-order chi connectivity index (χ0) is 22.9. The van der Waals surface area contributed by atoms with Crippen LogP contribution in [0.15, 0.2) is 73.2 Å². The highest BCUT2D eigenvalue weighted by Crippen LogP contribution is 2.28. The van der Waals surface area contributed by atoms with Crippen LogP contribution in [0.3, 0.4) is 0 Å². The van der Waals surface area contributed by atoms with Gasteiger partial charge < -0.3 is 9.72 Å². The molecule has 33 heavy (non-hydrogen) atoms. The minimum Gasteiger partial charge on any atom is -0.483 e. The van der Waals surface area contributed by atoms with Gasteiger partial charge in [0.15, 0.2) is 6.10 Å². The Bertz CT molecular complexity index is 1170. The van der Waals surface area contributed by atoms with Crippen LogP contribution in [-0.4, -0.2) is 20.7 Å². The van der Waals surface area contributed by atoms with Crippen molar-refractivity contribution in [1.82, 2.24) is 15.0 Å². The van der Waals surface area contributed by atoms with Crippen molar-refractivity contribution in [3.63, 3.8) is 0 Å². The van der Waals surface area contributed by atoms with Gasteiger partial charge in [-0.2, -0.15) is 0 Å². The van der Waals surface area contributed by atoms with E-state index >= 15 is 0 Å². The normalized spacial score (nSPS) is 12.0. The topological polar surface area (TPSA) is 67.9 Å². The number of unbranched alkanes of at least 4 members (excludes halogenated alkanes) is 2. The number of hydrogen-bond donors (Lipinski definition) is 1. The van der Waals surface area contributed by atoms with E-state index in [1.54, 1.807) is 6.20 Å². The second-order valence-electron chi connectivity index (χ2n) is 8.44. The van der Waals surface area contributed by atoms with Gasteiger partial charge in [0.25, 0.3) is 0 Å². The van der Waals surface area contributed by atoms with Gasteiger partial charge in [-0.3, -0.25) is 9.78 Å². The summed E-state index contributed by atoms with van der Waals surface area (Å²) in [5.41, 5.74) is 2.18. The molecule has 5 nitrogen and oxygen atoms in total. The summed E-state index contributed by atoms with van der Waals surface area (Å²) in [7, 11) is 0. The summed E-state index contributed by atoms with van der Waals surface area (Å²) in [4.78, 5) is 23.9. The molecule has 2 heterocycles. The number of H-pyrrole nitrogens is 1. The first-order valence-electron chi connectivity index (χ1n) is 11.8. The second kappa shape index (κ2) is 11.4. The van der Waals surface area contributed by atoms with Crippen molar-refractivity contribution in [2.45, 2.75) is 58.0 Å². The number of nitrogens with zero attached hydrogens (tertiary/aromatic N) is 2. The van der Waals surface area contributed by atoms with Crippen molar-refractivity contribution in [3.05, 3.63) is 90.3 Å². The fourth-order valence-corrected chi connectivity index (χ4v) is 4.01. The smallest absolute Gasteiger partial charge is 0.156 e. The molecular weight excluding hydrogens is 410 g/mol. The molecule has 0 aliphatic heterocycles. The zero-order valence-electron chi connectivity index (χ0n) is 19.2. The monoisotopic (exact) mass is 441 g/mol. The zero-order valence-corrected chi connectivity index (χ0v) is 19.2. The minimum absolute atomic E-state index is 0.171. The van der Waals surface area contributed by atoms with Crippen LogP contribution in [-0.2, 0) is 11.2 Å². The van der Waals surface area contributed by atoms with Gasteiger partial charge in [-0.1, -0.05) is 49.7 Å². The predicted molar refractivity (Wildman–Crippen MR) is 131 cm³/mol. The summed E-state index contributed by atoms with van der Waals surface area (Å²) in [6.07, 6.45) is 11.2. The molecule has 1 atom stereocenters. The standard InChI is InChI=1S/C28H31N3O2/c1-2-25(32)12-4-3-5-13-27(33-26-15-14-22-10-6-7-11-23(22)18-26)28-30-20-24(31-28)17-21-9-8-16-29-19-21/h6-11,14-16,18-20,27H,2-5,12-13,17H2,1H3,(H,30,31). The Balaban J connectivity index is 1.46. The Morgan fingerprint density at radius 3 is 2.70 bits per heavy atom. The second-order valence-corrected chi connectivity index (χ2v) is 8.44. The Morgan fingerprint density at radius 1 is 1.00 bits per heavy atom. The number of carbonyl (C=O) groups is 1. The lowest BCUT2D eigenvalue weighted by molar-refractivity contribution is -0.118. The molecule has 2 aromatic heterocycles. The molecule has 0 fully saturated rings. The Morgan fingerprint density at radius 2 is 1.88 bits per heavy atom. The van der Waals surface area contributed by atoms with Gasteiger partial charge in [-0.25, -0.2) is 4.98 Å². The number of aromatic amines is 1. The van der Waals surface area contributed by atoms with Crippen molar-refractivity contribution in [2.75, 3.05) is 0 Å². The van der Waals surface area contributed by atoms with Crippen LogP contribution < -0.4 is 4.74 Å². The molecule has 0 radical (unpaired) electrons. The van der Waals surface area contributed by atoms with Gasteiger partial charge in [-0.15, -0.1) is 0 Å². The van der Waals surface area contributed by atoms with Crippen LogP contribution in [0.4, 0.5) is 0 Å². The van der Waals surface area contributed by atoms with Gasteiger partial charge in [0, 0.05) is 43.5 Å². The lowest BCUT2D eigenvalue weighted by atomic mass is 10.1. The molecule has 170 valence electrons. The van der Waals surface area contributed by atoms with Crippen LogP contribution in [0.1, 0.15) is 68.6 Å². The van der Waals surface area contributed by atoms with Crippen molar-refractivity contribution < 1.29 is 9.53 Å². The van der Waals surface area contributed by atoms with Crippen molar-refractivity contribution in [2.24, 2.45) is 0 Å². The fraction of sp³-hybridized carbons (Fsp3) is 0.321. The molecule has 1 N–H and O–H groups in total. The van der Waals surface area contributed by atoms with E-state index in [0.717, 1.165) is 60.3 Å². The van der Waals surface area contributed by atoms with E-state index in [1.165, 1.54) is 5.39 Å². The Labute approximate surface area is 195 Å². The van der Waals surface area contributed by atoms with E-state index in [4.69, 9.17) is 4.74 Å². The third-order valence-electron chi connectivity index (χ3n) is 5.89. The molecule has 0 bridgehead atoms. The lowest BCUT2D eigenvalue weighted by Crippen LogP contribution is -2.10. The number of ether oxygens (including phenoxy) is 1. The molecule has 0 saturated heterocycles. The van der Waals surface area contributed by atoms with Crippen LogP contribution >= 0.6 is 0 Å². The number of imidazole rings is 1. The number of ketones is 1. The molecule has 0 amide bonds. The highest BCUT2D eigenvalue weighted by atomic mass is 16.5. The molecule has 4 rings (SSSR count). The van der Waals surface area contributed by atoms with Gasteiger partial charge in [0.05, 0.1) is 0 Å². The fourth-order valence-electron chi connectivity index (χ4n) is 4.01.